The summed E-state index contributed by atoms with van der Waals surface area (Å²) in [4.78, 5) is 12.8. The minimum atomic E-state index is -3.91. The second-order valence-corrected chi connectivity index (χ2v) is 10.6. The lowest BCUT2D eigenvalue weighted by Crippen LogP contribution is -2.47. The van der Waals surface area contributed by atoms with E-state index in [4.69, 9.17) is 0 Å². The van der Waals surface area contributed by atoms with Gasteiger partial charge in [-0.15, -0.1) is 10.2 Å². The molecule has 1 unspecified atom stereocenters. The number of rotatable bonds is 9. The van der Waals surface area contributed by atoms with E-state index in [1.165, 1.54) is 41.3 Å². The summed E-state index contributed by atoms with van der Waals surface area (Å²) in [6.07, 6.45) is 1.10. The first-order valence-corrected chi connectivity index (χ1v) is 12.3. The molecule has 0 saturated carbocycles. The van der Waals surface area contributed by atoms with Crippen LogP contribution in [0, 0.1) is 11.7 Å². The van der Waals surface area contributed by atoms with Gasteiger partial charge in [-0.1, -0.05) is 56.0 Å². The van der Waals surface area contributed by atoms with Gasteiger partial charge in [-0.25, -0.2) is 12.8 Å². The Kier molecular flexibility index (Phi) is 7.79. The smallest absolute Gasteiger partial charge is 0.250 e. The fraction of sp³-hybridized carbons (Fsp3) is 0.471. The molecule has 0 spiro atoms. The highest BCUT2D eigenvalue weighted by Gasteiger charge is 2.33. The van der Waals surface area contributed by atoms with Crippen LogP contribution in [0.1, 0.15) is 27.2 Å². The van der Waals surface area contributed by atoms with Crippen LogP contribution in [-0.4, -0.2) is 42.6 Å². The van der Waals surface area contributed by atoms with Crippen molar-refractivity contribution in [2.24, 2.45) is 5.92 Å². The highest BCUT2D eigenvalue weighted by atomic mass is 32.2. The summed E-state index contributed by atoms with van der Waals surface area (Å²) in [7, 11) is -3.91. The van der Waals surface area contributed by atoms with Crippen molar-refractivity contribution >= 4 is 49.8 Å². The highest BCUT2D eigenvalue weighted by molar-refractivity contribution is 8.01. The molecule has 0 fully saturated rings. The molecule has 154 valence electrons. The van der Waals surface area contributed by atoms with Crippen LogP contribution in [0.4, 0.5) is 15.2 Å². The van der Waals surface area contributed by atoms with Crippen molar-refractivity contribution < 1.29 is 17.6 Å². The van der Waals surface area contributed by atoms with Gasteiger partial charge < -0.3 is 0 Å². The predicted molar refractivity (Wildman–Crippen MR) is 112 cm³/mol. The van der Waals surface area contributed by atoms with Gasteiger partial charge >= 0.3 is 0 Å². The Hall–Kier alpha value is -1.72. The molecule has 7 nitrogen and oxygen atoms in total. The fourth-order valence-corrected chi connectivity index (χ4v) is 5.35. The predicted octanol–water partition coefficient (Wildman–Crippen LogP) is 3.61. The van der Waals surface area contributed by atoms with Gasteiger partial charge in [0.1, 0.15) is 11.9 Å². The SMILES string of the molecule is CCC(C(=O)Nc1nnc(SCC(C)C)s1)N(c1ccccc1F)S(C)(=O)=O. The third-order valence-corrected chi connectivity index (χ3v) is 7.16. The first-order valence-electron chi connectivity index (χ1n) is 8.64. The number of anilines is 2. The first-order chi connectivity index (χ1) is 13.1. The van der Waals surface area contributed by atoms with Crippen molar-refractivity contribution in [1.82, 2.24) is 10.2 Å². The second kappa shape index (κ2) is 9.66. The Morgan fingerprint density at radius 2 is 2.00 bits per heavy atom. The molecule has 1 amide bonds. The molecule has 0 aliphatic heterocycles. The van der Waals surface area contributed by atoms with Gasteiger partial charge in [-0.05, 0) is 24.5 Å². The van der Waals surface area contributed by atoms with Crippen LogP contribution < -0.4 is 9.62 Å². The molecule has 28 heavy (non-hydrogen) atoms. The summed E-state index contributed by atoms with van der Waals surface area (Å²) in [5.41, 5.74) is -0.169. The molecule has 2 rings (SSSR count). The van der Waals surface area contributed by atoms with E-state index in [0.29, 0.717) is 10.3 Å². The number of carbonyl (C=O) groups is 1. The maximum atomic E-state index is 14.2. The standard InChI is InChI=1S/C17H23FN4O3S3/c1-5-13(22(28(4,24)25)14-9-7-6-8-12(14)18)15(23)19-16-20-21-17(27-16)26-10-11(2)3/h6-9,11,13H,5,10H2,1-4H3,(H,19,20,23). The molecule has 0 saturated heterocycles. The Morgan fingerprint density at radius 1 is 1.32 bits per heavy atom. The number of carbonyl (C=O) groups excluding carboxylic acids is 1. The molecule has 0 bridgehead atoms. The number of nitrogens with one attached hydrogen (secondary N) is 1. The number of para-hydroxylation sites is 1. The monoisotopic (exact) mass is 446 g/mol. The van der Waals surface area contributed by atoms with Crippen LogP contribution in [-0.2, 0) is 14.8 Å². The maximum absolute atomic E-state index is 14.2. The Morgan fingerprint density at radius 3 is 2.57 bits per heavy atom. The van der Waals surface area contributed by atoms with Crippen LogP contribution >= 0.6 is 23.1 Å². The van der Waals surface area contributed by atoms with Crippen LogP contribution in [0.2, 0.25) is 0 Å². The van der Waals surface area contributed by atoms with Gasteiger partial charge in [0.15, 0.2) is 4.34 Å². The maximum Gasteiger partial charge on any atom is 0.250 e. The number of nitrogens with zero attached hydrogens (tertiary/aromatic N) is 3. The van der Waals surface area contributed by atoms with Crippen molar-refractivity contribution in [3.05, 3.63) is 30.1 Å². The Balaban J connectivity index is 2.24. The van der Waals surface area contributed by atoms with E-state index in [9.17, 15) is 17.6 Å². The summed E-state index contributed by atoms with van der Waals surface area (Å²) in [6.45, 7) is 5.84. The Labute approximate surface area is 172 Å². The quantitative estimate of drug-likeness (QED) is 0.467. The molecule has 2 aromatic rings. The van der Waals surface area contributed by atoms with E-state index in [1.54, 1.807) is 6.92 Å². The molecular weight excluding hydrogens is 423 g/mol. The summed E-state index contributed by atoms with van der Waals surface area (Å²) in [5, 5.41) is 10.8. The van der Waals surface area contributed by atoms with Gasteiger partial charge in [-0.3, -0.25) is 14.4 Å². The zero-order valence-corrected chi connectivity index (χ0v) is 18.5. The average Bonchev–Trinajstić information content (AvgIpc) is 3.05. The van der Waals surface area contributed by atoms with Crippen LogP contribution in [0.5, 0.6) is 0 Å². The normalized spacial score (nSPS) is 12.8. The molecule has 0 aliphatic carbocycles. The minimum Gasteiger partial charge on any atom is -0.299 e. The molecule has 1 aromatic carbocycles. The lowest BCUT2D eigenvalue weighted by molar-refractivity contribution is -0.117. The fourth-order valence-electron chi connectivity index (χ4n) is 2.41. The molecule has 11 heteroatoms. The number of thioether (sulfide) groups is 1. The largest absolute Gasteiger partial charge is 0.299 e. The molecular formula is C17H23FN4O3S3. The van der Waals surface area contributed by atoms with Crippen molar-refractivity contribution in [3.63, 3.8) is 0 Å². The second-order valence-electron chi connectivity index (χ2n) is 6.50. The van der Waals surface area contributed by atoms with Gasteiger partial charge in [-0.2, -0.15) is 0 Å². The van der Waals surface area contributed by atoms with Gasteiger partial charge in [0, 0.05) is 5.75 Å². The first kappa shape index (κ1) is 22.6. The van der Waals surface area contributed by atoms with Crippen LogP contribution in [0.3, 0.4) is 0 Å². The number of hydrogen-bond acceptors (Lipinski definition) is 7. The number of hydrogen-bond donors (Lipinski definition) is 1. The van der Waals surface area contributed by atoms with Gasteiger partial charge in [0.25, 0.3) is 0 Å². The lowest BCUT2D eigenvalue weighted by Gasteiger charge is -2.29. The number of benzene rings is 1. The van der Waals surface area contributed by atoms with E-state index < -0.39 is 27.8 Å². The summed E-state index contributed by atoms with van der Waals surface area (Å²) < 4.78 is 40.5. The Bertz CT molecular complexity index is 918. The molecule has 0 radical (unpaired) electrons. The third-order valence-electron chi connectivity index (χ3n) is 3.60. The van der Waals surface area contributed by atoms with Crippen molar-refractivity contribution in [1.29, 1.82) is 0 Å². The number of aromatic nitrogens is 2. The molecule has 0 aliphatic rings. The third kappa shape index (κ3) is 5.89. The topological polar surface area (TPSA) is 92.3 Å². The van der Waals surface area contributed by atoms with Crippen LogP contribution in [0.25, 0.3) is 0 Å². The molecule has 1 aromatic heterocycles. The number of halogens is 1. The average molecular weight is 447 g/mol. The van der Waals surface area contributed by atoms with Crippen LogP contribution in [0.15, 0.2) is 28.6 Å². The molecule has 1 heterocycles. The zero-order chi connectivity index (χ0) is 20.9. The lowest BCUT2D eigenvalue weighted by atomic mass is 10.2. The van der Waals surface area contributed by atoms with Gasteiger partial charge in [0.2, 0.25) is 21.1 Å². The number of amides is 1. The van der Waals surface area contributed by atoms with Crippen molar-refractivity contribution in [3.8, 4) is 0 Å². The van der Waals surface area contributed by atoms with E-state index in [2.05, 4.69) is 29.4 Å². The highest BCUT2D eigenvalue weighted by Crippen LogP contribution is 2.29. The molecule has 1 N–H and O–H groups in total. The summed E-state index contributed by atoms with van der Waals surface area (Å²) in [5.74, 6) is 0.0469. The minimum absolute atomic E-state index is 0.154. The zero-order valence-electron chi connectivity index (χ0n) is 16.0. The summed E-state index contributed by atoms with van der Waals surface area (Å²) >= 11 is 2.75. The van der Waals surface area contributed by atoms with E-state index in [1.807, 2.05) is 0 Å². The van der Waals surface area contributed by atoms with E-state index >= 15 is 0 Å². The van der Waals surface area contributed by atoms with E-state index in [-0.39, 0.29) is 17.2 Å². The summed E-state index contributed by atoms with van der Waals surface area (Å²) in [6, 6.07) is 4.34. The number of sulfonamides is 1. The molecule has 1 atom stereocenters. The van der Waals surface area contributed by atoms with Gasteiger partial charge in [0.05, 0.1) is 11.9 Å². The van der Waals surface area contributed by atoms with Crippen molar-refractivity contribution in [2.75, 3.05) is 21.6 Å². The van der Waals surface area contributed by atoms with E-state index in [0.717, 1.165) is 22.4 Å². The van der Waals surface area contributed by atoms with Crippen molar-refractivity contribution in [2.45, 2.75) is 37.6 Å².